The van der Waals surface area contributed by atoms with E-state index in [0.717, 1.165) is 19.6 Å². The van der Waals surface area contributed by atoms with E-state index in [1.54, 1.807) is 0 Å². The number of aromatic nitrogens is 2. The summed E-state index contributed by atoms with van der Waals surface area (Å²) in [5.41, 5.74) is -0.0709. The average Bonchev–Trinajstić information content (AvgIpc) is 2.40. The lowest BCUT2D eigenvalue weighted by Crippen LogP contribution is -2.33. The fraction of sp³-hybridized carbons (Fsp3) is 0.583. The van der Waals surface area contributed by atoms with E-state index in [1.807, 2.05) is 0 Å². The Morgan fingerprint density at radius 3 is 2.67 bits per heavy atom. The van der Waals surface area contributed by atoms with Gasteiger partial charge in [0.25, 0.3) is 0 Å². The first-order valence-electron chi connectivity index (χ1n) is 6.16. The highest BCUT2D eigenvalue weighted by Gasteiger charge is 2.10. The number of ether oxygens (including phenoxy) is 1. The monoisotopic (exact) mass is 251 g/mol. The van der Waals surface area contributed by atoms with Gasteiger partial charge in [-0.05, 0) is 25.9 Å². The van der Waals surface area contributed by atoms with Crippen LogP contribution in [0, 0.1) is 0 Å². The molecule has 1 saturated heterocycles. The summed E-state index contributed by atoms with van der Waals surface area (Å²) >= 11 is 0. The highest BCUT2D eigenvalue weighted by Crippen LogP contribution is 2.09. The van der Waals surface area contributed by atoms with E-state index in [9.17, 15) is 4.79 Å². The van der Waals surface area contributed by atoms with E-state index in [1.165, 1.54) is 31.7 Å². The van der Waals surface area contributed by atoms with E-state index in [0.29, 0.717) is 12.5 Å². The number of carboxylic acid groups (broad SMARTS) is 1. The van der Waals surface area contributed by atoms with Gasteiger partial charge in [-0.1, -0.05) is 6.42 Å². The van der Waals surface area contributed by atoms with Crippen LogP contribution in [0.15, 0.2) is 12.4 Å². The molecule has 18 heavy (non-hydrogen) atoms. The van der Waals surface area contributed by atoms with Crippen molar-refractivity contribution in [1.29, 1.82) is 0 Å². The molecule has 0 bridgehead atoms. The second kappa shape index (κ2) is 6.30. The van der Waals surface area contributed by atoms with Crippen LogP contribution in [-0.4, -0.2) is 52.2 Å². The molecule has 1 aliphatic heterocycles. The maximum Gasteiger partial charge on any atom is 0.356 e. The Balaban J connectivity index is 1.74. The normalized spacial score (nSPS) is 16.4. The molecule has 0 spiro atoms. The second-order valence-electron chi connectivity index (χ2n) is 4.30. The number of carboxylic acids is 1. The van der Waals surface area contributed by atoms with Gasteiger partial charge in [0.1, 0.15) is 6.61 Å². The Bertz CT molecular complexity index is 388. The highest BCUT2D eigenvalue weighted by molar-refractivity contribution is 5.84. The Kier molecular flexibility index (Phi) is 4.46. The predicted octanol–water partition coefficient (Wildman–Crippen LogP) is 1.04. The lowest BCUT2D eigenvalue weighted by molar-refractivity contribution is 0.0689. The number of nitrogens with zero attached hydrogens (tertiary/aromatic N) is 3. The summed E-state index contributed by atoms with van der Waals surface area (Å²) in [5, 5.41) is 8.67. The summed E-state index contributed by atoms with van der Waals surface area (Å²) in [4.78, 5) is 20.6. The van der Waals surface area contributed by atoms with Crippen LogP contribution in [-0.2, 0) is 0 Å². The minimum absolute atomic E-state index is 0.0709. The van der Waals surface area contributed by atoms with Crippen molar-refractivity contribution in [1.82, 2.24) is 14.9 Å². The van der Waals surface area contributed by atoms with Crippen molar-refractivity contribution in [3.63, 3.8) is 0 Å². The van der Waals surface area contributed by atoms with E-state index >= 15 is 0 Å². The summed E-state index contributed by atoms with van der Waals surface area (Å²) in [6.07, 6.45) is 6.39. The third-order valence-corrected chi connectivity index (χ3v) is 2.95. The number of hydrogen-bond donors (Lipinski definition) is 1. The van der Waals surface area contributed by atoms with Crippen molar-refractivity contribution in [3.8, 4) is 5.88 Å². The molecule has 6 heteroatoms. The van der Waals surface area contributed by atoms with Crippen LogP contribution in [0.2, 0.25) is 0 Å². The smallest absolute Gasteiger partial charge is 0.356 e. The second-order valence-corrected chi connectivity index (χ2v) is 4.30. The highest BCUT2D eigenvalue weighted by atomic mass is 16.5. The minimum Gasteiger partial charge on any atom is -0.476 e. The predicted molar refractivity (Wildman–Crippen MR) is 64.8 cm³/mol. The summed E-state index contributed by atoms with van der Waals surface area (Å²) in [5.74, 6) is -0.709. The van der Waals surface area contributed by atoms with Crippen molar-refractivity contribution in [2.45, 2.75) is 19.3 Å². The molecule has 2 heterocycles. The lowest BCUT2D eigenvalue weighted by atomic mass is 10.1. The largest absolute Gasteiger partial charge is 0.476 e. The zero-order chi connectivity index (χ0) is 12.8. The number of aromatic carboxylic acids is 1. The van der Waals surface area contributed by atoms with Crippen molar-refractivity contribution in [2.75, 3.05) is 26.2 Å². The van der Waals surface area contributed by atoms with Gasteiger partial charge in [0, 0.05) is 6.54 Å². The molecule has 0 aliphatic carbocycles. The van der Waals surface area contributed by atoms with Gasteiger partial charge in [-0.3, -0.25) is 4.90 Å². The van der Waals surface area contributed by atoms with Crippen molar-refractivity contribution >= 4 is 5.97 Å². The van der Waals surface area contributed by atoms with Gasteiger partial charge in [-0.15, -0.1) is 0 Å². The molecule has 1 fully saturated rings. The van der Waals surface area contributed by atoms with Gasteiger partial charge >= 0.3 is 5.97 Å². The topological polar surface area (TPSA) is 75.6 Å². The summed E-state index contributed by atoms with van der Waals surface area (Å²) < 4.78 is 5.44. The van der Waals surface area contributed by atoms with E-state index in [4.69, 9.17) is 9.84 Å². The number of likely N-dealkylation sites (tertiary alicyclic amines) is 1. The van der Waals surface area contributed by atoms with Crippen LogP contribution < -0.4 is 4.74 Å². The van der Waals surface area contributed by atoms with Crippen LogP contribution in [0.3, 0.4) is 0 Å². The third kappa shape index (κ3) is 3.66. The number of rotatable bonds is 5. The Labute approximate surface area is 106 Å². The number of hydrogen-bond acceptors (Lipinski definition) is 5. The lowest BCUT2D eigenvalue weighted by Gasteiger charge is -2.25. The molecule has 0 amide bonds. The molecule has 0 atom stereocenters. The van der Waals surface area contributed by atoms with Crippen molar-refractivity contribution < 1.29 is 14.6 Å². The van der Waals surface area contributed by atoms with Crippen LogP contribution >= 0.6 is 0 Å². The Hall–Kier alpha value is -1.69. The fourth-order valence-electron chi connectivity index (χ4n) is 1.96. The van der Waals surface area contributed by atoms with Gasteiger partial charge < -0.3 is 9.84 Å². The molecule has 0 radical (unpaired) electrons. The number of piperidine rings is 1. The molecule has 1 aromatic heterocycles. The number of carbonyl (C=O) groups is 1. The van der Waals surface area contributed by atoms with Gasteiger partial charge in [-0.2, -0.15) is 0 Å². The summed E-state index contributed by atoms with van der Waals surface area (Å²) in [7, 11) is 0. The van der Waals surface area contributed by atoms with Crippen LogP contribution in [0.4, 0.5) is 0 Å². The average molecular weight is 251 g/mol. The molecule has 0 unspecified atom stereocenters. The van der Waals surface area contributed by atoms with Crippen molar-refractivity contribution in [3.05, 3.63) is 18.1 Å². The van der Waals surface area contributed by atoms with Gasteiger partial charge in [-0.25, -0.2) is 14.8 Å². The van der Waals surface area contributed by atoms with E-state index < -0.39 is 5.97 Å². The molecule has 1 aromatic rings. The van der Waals surface area contributed by atoms with Gasteiger partial charge in [0.15, 0.2) is 5.69 Å². The third-order valence-electron chi connectivity index (χ3n) is 2.95. The van der Waals surface area contributed by atoms with E-state index in [2.05, 4.69) is 14.9 Å². The molecular formula is C12H17N3O3. The van der Waals surface area contributed by atoms with E-state index in [-0.39, 0.29) is 5.69 Å². The van der Waals surface area contributed by atoms with Crippen LogP contribution in [0.5, 0.6) is 5.88 Å². The molecule has 1 N–H and O–H groups in total. The zero-order valence-corrected chi connectivity index (χ0v) is 10.2. The van der Waals surface area contributed by atoms with Crippen LogP contribution in [0.1, 0.15) is 29.8 Å². The summed E-state index contributed by atoms with van der Waals surface area (Å²) in [6, 6.07) is 0. The molecule has 2 rings (SSSR count). The first-order chi connectivity index (χ1) is 8.75. The Morgan fingerprint density at radius 1 is 1.28 bits per heavy atom. The SMILES string of the molecule is O=C(O)c1cnc(OCCN2CCCCC2)cn1. The first kappa shape index (κ1) is 12.8. The quantitative estimate of drug-likeness (QED) is 0.842. The maximum atomic E-state index is 10.6. The first-order valence-corrected chi connectivity index (χ1v) is 6.16. The zero-order valence-electron chi connectivity index (χ0n) is 10.2. The van der Waals surface area contributed by atoms with Crippen LogP contribution in [0.25, 0.3) is 0 Å². The summed E-state index contributed by atoms with van der Waals surface area (Å²) in [6.45, 7) is 3.70. The fourth-order valence-corrected chi connectivity index (χ4v) is 1.96. The maximum absolute atomic E-state index is 10.6. The standard InChI is InChI=1S/C12H17N3O3/c16-12(17)10-8-14-11(9-13-10)18-7-6-15-4-2-1-3-5-15/h8-9H,1-7H2,(H,16,17). The van der Waals surface area contributed by atoms with Gasteiger partial charge in [0.05, 0.1) is 12.4 Å². The molecule has 1 aliphatic rings. The minimum atomic E-state index is -1.08. The molecule has 6 nitrogen and oxygen atoms in total. The molecular weight excluding hydrogens is 234 g/mol. The van der Waals surface area contributed by atoms with Gasteiger partial charge in [0.2, 0.25) is 5.88 Å². The molecule has 98 valence electrons. The molecule has 0 saturated carbocycles. The molecule has 0 aromatic carbocycles. The van der Waals surface area contributed by atoms with Crippen molar-refractivity contribution in [2.24, 2.45) is 0 Å². The Morgan fingerprint density at radius 2 is 2.06 bits per heavy atom.